The van der Waals surface area contributed by atoms with Crippen molar-refractivity contribution >= 4 is 5.82 Å². The van der Waals surface area contributed by atoms with Crippen LogP contribution in [0, 0.1) is 11.6 Å². The van der Waals surface area contributed by atoms with Crippen molar-refractivity contribution in [1.82, 2.24) is 4.98 Å². The van der Waals surface area contributed by atoms with E-state index >= 15 is 0 Å². The number of ether oxygens (including phenoxy) is 1. The fourth-order valence-corrected chi connectivity index (χ4v) is 1.48. The third-order valence-corrected chi connectivity index (χ3v) is 2.38. The Labute approximate surface area is 103 Å². The van der Waals surface area contributed by atoms with E-state index in [1.165, 1.54) is 6.07 Å². The molecule has 0 atom stereocenters. The molecule has 1 N–H and O–H groups in total. The Bertz CT molecular complexity index is 526. The number of hydrogen-bond acceptors (Lipinski definition) is 3. The Kier molecular flexibility index (Phi) is 3.72. The monoisotopic (exact) mass is 250 g/mol. The number of nitrogens with one attached hydrogen (secondary N) is 1. The smallest absolute Gasteiger partial charge is 0.191 e. The van der Waals surface area contributed by atoms with Gasteiger partial charge >= 0.3 is 0 Å². The van der Waals surface area contributed by atoms with E-state index < -0.39 is 11.6 Å². The van der Waals surface area contributed by atoms with Crippen LogP contribution in [0.4, 0.5) is 14.6 Å². The summed E-state index contributed by atoms with van der Waals surface area (Å²) >= 11 is 0. The van der Waals surface area contributed by atoms with Crippen LogP contribution in [0.5, 0.6) is 5.75 Å². The Morgan fingerprint density at radius 2 is 1.94 bits per heavy atom. The van der Waals surface area contributed by atoms with Crippen molar-refractivity contribution in [2.75, 3.05) is 12.4 Å². The molecule has 0 bridgehead atoms. The normalized spacial score (nSPS) is 10.2. The zero-order valence-corrected chi connectivity index (χ0v) is 9.78. The third kappa shape index (κ3) is 2.74. The van der Waals surface area contributed by atoms with Gasteiger partial charge in [0.15, 0.2) is 17.4 Å². The van der Waals surface area contributed by atoms with Crippen LogP contribution >= 0.6 is 0 Å². The summed E-state index contributed by atoms with van der Waals surface area (Å²) < 4.78 is 31.8. The summed E-state index contributed by atoms with van der Waals surface area (Å²) in [5.41, 5.74) is 0.775. The number of benzene rings is 1. The molecular formula is C13H12F2N2O. The number of aromatic nitrogens is 1. The summed E-state index contributed by atoms with van der Waals surface area (Å²) in [6.07, 6.45) is 1.60. The number of rotatable bonds is 4. The van der Waals surface area contributed by atoms with Crippen LogP contribution < -0.4 is 10.1 Å². The molecule has 18 heavy (non-hydrogen) atoms. The molecule has 1 aromatic carbocycles. The molecule has 0 aliphatic carbocycles. The Balaban J connectivity index is 2.11. The van der Waals surface area contributed by atoms with E-state index in [2.05, 4.69) is 10.3 Å². The first-order chi connectivity index (χ1) is 8.70. The maximum Gasteiger partial charge on any atom is 0.191 e. The van der Waals surface area contributed by atoms with E-state index in [-0.39, 0.29) is 12.4 Å². The molecule has 0 spiro atoms. The highest BCUT2D eigenvalue weighted by Crippen LogP contribution is 2.22. The van der Waals surface area contributed by atoms with Gasteiger partial charge in [-0.3, -0.25) is 0 Å². The van der Waals surface area contributed by atoms with Crippen molar-refractivity contribution in [3.63, 3.8) is 0 Å². The van der Waals surface area contributed by atoms with Gasteiger partial charge < -0.3 is 10.1 Å². The lowest BCUT2D eigenvalue weighted by atomic mass is 10.2. The fraction of sp³-hybridized carbons (Fsp3) is 0.154. The first kappa shape index (κ1) is 12.3. The zero-order chi connectivity index (χ0) is 13.0. The molecule has 5 heteroatoms. The molecule has 0 saturated heterocycles. The largest absolute Gasteiger partial charge is 0.483 e. The van der Waals surface area contributed by atoms with E-state index in [9.17, 15) is 8.78 Å². The van der Waals surface area contributed by atoms with Gasteiger partial charge in [-0.15, -0.1) is 0 Å². The van der Waals surface area contributed by atoms with Crippen molar-refractivity contribution in [2.24, 2.45) is 0 Å². The summed E-state index contributed by atoms with van der Waals surface area (Å²) in [5.74, 6) is -1.11. The molecule has 3 nitrogen and oxygen atoms in total. The lowest BCUT2D eigenvalue weighted by molar-refractivity contribution is 0.274. The van der Waals surface area contributed by atoms with Gasteiger partial charge in [-0.05, 0) is 29.8 Å². The topological polar surface area (TPSA) is 34.1 Å². The van der Waals surface area contributed by atoms with Crippen LogP contribution in [0.25, 0.3) is 0 Å². The third-order valence-electron chi connectivity index (χ3n) is 2.38. The molecule has 2 rings (SSSR count). The Hall–Kier alpha value is -2.17. The molecule has 0 unspecified atom stereocenters. The molecule has 94 valence electrons. The lowest BCUT2D eigenvalue weighted by Gasteiger charge is -2.08. The summed E-state index contributed by atoms with van der Waals surface area (Å²) in [5, 5.41) is 2.87. The van der Waals surface area contributed by atoms with Gasteiger partial charge in [0.05, 0.1) is 0 Å². The maximum atomic E-state index is 13.3. The van der Waals surface area contributed by atoms with Gasteiger partial charge in [0, 0.05) is 13.2 Å². The van der Waals surface area contributed by atoms with Gasteiger partial charge in [-0.25, -0.2) is 13.8 Å². The van der Waals surface area contributed by atoms with Gasteiger partial charge in [-0.1, -0.05) is 6.07 Å². The fourth-order valence-electron chi connectivity index (χ4n) is 1.48. The minimum absolute atomic E-state index is 0.0784. The van der Waals surface area contributed by atoms with Crippen LogP contribution in [-0.2, 0) is 6.61 Å². The minimum Gasteiger partial charge on any atom is -0.483 e. The second kappa shape index (κ2) is 5.44. The van der Waals surface area contributed by atoms with Gasteiger partial charge in [0.25, 0.3) is 0 Å². The summed E-state index contributed by atoms with van der Waals surface area (Å²) in [4.78, 5) is 4.03. The number of hydrogen-bond donors (Lipinski definition) is 1. The van der Waals surface area contributed by atoms with Crippen LogP contribution in [0.1, 0.15) is 5.56 Å². The molecule has 1 heterocycles. The van der Waals surface area contributed by atoms with Crippen molar-refractivity contribution in [3.8, 4) is 5.75 Å². The second-order valence-electron chi connectivity index (χ2n) is 3.64. The highest BCUT2D eigenvalue weighted by molar-refractivity contribution is 5.36. The Morgan fingerprint density at radius 1 is 1.22 bits per heavy atom. The van der Waals surface area contributed by atoms with E-state index in [0.29, 0.717) is 5.82 Å². The number of para-hydroxylation sites is 1. The standard InChI is InChI=1S/C13H12F2N2O/c1-16-12-7-9(5-6-17-12)8-18-13-10(14)3-2-4-11(13)15/h2-7H,8H2,1H3,(H,16,17). The lowest BCUT2D eigenvalue weighted by Crippen LogP contribution is -2.01. The number of pyridine rings is 1. The molecule has 0 aliphatic heterocycles. The predicted octanol–water partition coefficient (Wildman–Crippen LogP) is 2.98. The van der Waals surface area contributed by atoms with E-state index in [4.69, 9.17) is 4.74 Å². The number of halogens is 2. The molecule has 1 aromatic heterocycles. The van der Waals surface area contributed by atoms with Crippen LogP contribution in [0.3, 0.4) is 0 Å². The van der Waals surface area contributed by atoms with E-state index in [1.807, 2.05) is 0 Å². The SMILES string of the molecule is CNc1cc(COc2c(F)cccc2F)ccn1. The predicted molar refractivity (Wildman–Crippen MR) is 64.5 cm³/mol. The average molecular weight is 250 g/mol. The van der Waals surface area contributed by atoms with Crippen LogP contribution in [0.2, 0.25) is 0 Å². The van der Waals surface area contributed by atoms with Crippen molar-refractivity contribution < 1.29 is 13.5 Å². The quantitative estimate of drug-likeness (QED) is 0.905. The maximum absolute atomic E-state index is 13.3. The molecule has 0 radical (unpaired) electrons. The molecule has 0 aliphatic rings. The Morgan fingerprint density at radius 3 is 2.61 bits per heavy atom. The van der Waals surface area contributed by atoms with Crippen LogP contribution in [0.15, 0.2) is 36.5 Å². The summed E-state index contributed by atoms with van der Waals surface area (Å²) in [7, 11) is 1.74. The van der Waals surface area contributed by atoms with Gasteiger partial charge in [0.2, 0.25) is 0 Å². The van der Waals surface area contributed by atoms with Crippen molar-refractivity contribution in [2.45, 2.75) is 6.61 Å². The molecule has 0 fully saturated rings. The van der Waals surface area contributed by atoms with E-state index in [0.717, 1.165) is 17.7 Å². The van der Waals surface area contributed by atoms with E-state index in [1.54, 1.807) is 25.4 Å². The first-order valence-corrected chi connectivity index (χ1v) is 5.40. The van der Waals surface area contributed by atoms with Crippen LogP contribution in [-0.4, -0.2) is 12.0 Å². The molecular weight excluding hydrogens is 238 g/mol. The summed E-state index contributed by atoms with van der Waals surface area (Å²) in [6.45, 7) is 0.0784. The highest BCUT2D eigenvalue weighted by atomic mass is 19.1. The van der Waals surface area contributed by atoms with Gasteiger partial charge in [-0.2, -0.15) is 0 Å². The molecule has 0 amide bonds. The van der Waals surface area contributed by atoms with Crippen molar-refractivity contribution in [3.05, 3.63) is 53.7 Å². The average Bonchev–Trinajstić information content (AvgIpc) is 2.38. The second-order valence-corrected chi connectivity index (χ2v) is 3.64. The number of nitrogens with zero attached hydrogens (tertiary/aromatic N) is 1. The molecule has 0 saturated carbocycles. The van der Waals surface area contributed by atoms with Gasteiger partial charge in [0.1, 0.15) is 12.4 Å². The van der Waals surface area contributed by atoms with Crippen molar-refractivity contribution in [1.29, 1.82) is 0 Å². The minimum atomic E-state index is -0.710. The number of anilines is 1. The highest BCUT2D eigenvalue weighted by Gasteiger charge is 2.09. The first-order valence-electron chi connectivity index (χ1n) is 5.40. The molecule has 2 aromatic rings. The summed E-state index contributed by atoms with van der Waals surface area (Å²) in [6, 6.07) is 7.08. The zero-order valence-electron chi connectivity index (χ0n) is 9.78.